The van der Waals surface area contributed by atoms with Crippen LogP contribution in [0, 0.1) is 13.8 Å². The number of ether oxygens (including phenoxy) is 1. The van der Waals surface area contributed by atoms with Crippen LogP contribution in [0.4, 0.5) is 0 Å². The molecule has 0 bridgehead atoms. The van der Waals surface area contributed by atoms with Gasteiger partial charge in [0, 0.05) is 28.0 Å². The van der Waals surface area contributed by atoms with Crippen molar-refractivity contribution >= 4 is 39.0 Å². The molecule has 0 aliphatic carbocycles. The van der Waals surface area contributed by atoms with Crippen molar-refractivity contribution in [2.45, 2.75) is 31.5 Å². The summed E-state index contributed by atoms with van der Waals surface area (Å²) < 4.78 is 31.1. The Balaban J connectivity index is 1.48. The van der Waals surface area contributed by atoms with E-state index in [1.54, 1.807) is 25.3 Å². The molecule has 1 aliphatic heterocycles. The number of hydrogen-bond acceptors (Lipinski definition) is 7. The average Bonchev–Trinajstić information content (AvgIpc) is 3.43. The minimum absolute atomic E-state index is 0.0538. The number of sulfone groups is 1. The second-order valence-electron chi connectivity index (χ2n) is 7.73. The first-order valence-corrected chi connectivity index (χ1v) is 13.2. The highest BCUT2D eigenvalue weighted by Gasteiger charge is 2.31. The van der Waals surface area contributed by atoms with Crippen LogP contribution in [-0.2, 0) is 9.84 Å². The van der Waals surface area contributed by atoms with Crippen LogP contribution in [0.2, 0.25) is 5.02 Å². The van der Waals surface area contributed by atoms with Gasteiger partial charge in [0.2, 0.25) is 5.16 Å². The van der Waals surface area contributed by atoms with Crippen LogP contribution in [0.15, 0.2) is 29.4 Å². The Morgan fingerprint density at radius 3 is 2.81 bits per heavy atom. The summed E-state index contributed by atoms with van der Waals surface area (Å²) in [7, 11) is -1.45. The van der Waals surface area contributed by atoms with E-state index >= 15 is 0 Å². The third-order valence-corrected chi connectivity index (χ3v) is 8.40. The second kappa shape index (κ2) is 8.92. The fourth-order valence-electron chi connectivity index (χ4n) is 4.10. The minimum Gasteiger partial charge on any atom is -0.496 e. The lowest BCUT2D eigenvalue weighted by atomic mass is 10.2. The van der Waals surface area contributed by atoms with E-state index in [1.165, 1.54) is 11.8 Å². The van der Waals surface area contributed by atoms with Gasteiger partial charge in [-0.1, -0.05) is 23.4 Å². The highest BCUT2D eigenvalue weighted by molar-refractivity contribution is 7.99. The average molecular weight is 495 g/mol. The largest absolute Gasteiger partial charge is 0.496 e. The van der Waals surface area contributed by atoms with Gasteiger partial charge in [-0.05, 0) is 44.5 Å². The topological polar surface area (TPSA) is 107 Å². The Morgan fingerprint density at radius 1 is 1.34 bits per heavy atom. The molecule has 32 heavy (non-hydrogen) atoms. The summed E-state index contributed by atoms with van der Waals surface area (Å²) in [4.78, 5) is 17.4. The number of carbonyl (C=O) groups is 1. The van der Waals surface area contributed by atoms with Crippen molar-refractivity contribution in [2.24, 2.45) is 0 Å². The summed E-state index contributed by atoms with van der Waals surface area (Å²) in [6.45, 7) is 3.77. The van der Waals surface area contributed by atoms with Gasteiger partial charge in [0.1, 0.15) is 5.75 Å². The zero-order chi connectivity index (χ0) is 23.0. The molecule has 1 atom stereocenters. The lowest BCUT2D eigenvalue weighted by molar-refractivity contribution is 0.102. The molecule has 2 aromatic heterocycles. The summed E-state index contributed by atoms with van der Waals surface area (Å²) >= 11 is 7.32. The fraction of sp³-hybridized carbons (Fsp3) is 0.381. The van der Waals surface area contributed by atoms with Gasteiger partial charge >= 0.3 is 0 Å². The van der Waals surface area contributed by atoms with Crippen molar-refractivity contribution in [3.8, 4) is 17.1 Å². The van der Waals surface area contributed by atoms with E-state index < -0.39 is 9.84 Å². The van der Waals surface area contributed by atoms with E-state index in [0.29, 0.717) is 39.3 Å². The molecule has 1 saturated heterocycles. The molecular formula is C21H23ClN4O4S2. The van der Waals surface area contributed by atoms with Crippen LogP contribution in [0.5, 0.6) is 5.75 Å². The number of halogens is 1. The number of aromatic amines is 1. The van der Waals surface area contributed by atoms with Crippen molar-refractivity contribution in [3.05, 3.63) is 46.2 Å². The zero-order valence-corrected chi connectivity index (χ0v) is 20.3. The maximum Gasteiger partial charge on any atom is 0.209 e. The summed E-state index contributed by atoms with van der Waals surface area (Å²) in [5.41, 5.74) is 2.98. The summed E-state index contributed by atoms with van der Waals surface area (Å²) in [5, 5.41) is 8.04. The Morgan fingerprint density at radius 2 is 2.12 bits per heavy atom. The maximum absolute atomic E-state index is 12.9. The van der Waals surface area contributed by atoms with Gasteiger partial charge in [-0.15, -0.1) is 5.10 Å². The van der Waals surface area contributed by atoms with E-state index in [0.717, 1.165) is 11.4 Å². The molecule has 1 N–H and O–H groups in total. The molecule has 0 amide bonds. The quantitative estimate of drug-likeness (QED) is 0.392. The van der Waals surface area contributed by atoms with Gasteiger partial charge < -0.3 is 9.30 Å². The van der Waals surface area contributed by atoms with E-state index in [1.807, 2.05) is 24.5 Å². The monoisotopic (exact) mass is 494 g/mol. The third-order valence-electron chi connectivity index (χ3n) is 5.57. The van der Waals surface area contributed by atoms with Crippen molar-refractivity contribution in [3.63, 3.8) is 0 Å². The first-order chi connectivity index (χ1) is 15.2. The van der Waals surface area contributed by atoms with Gasteiger partial charge in [-0.25, -0.2) is 13.4 Å². The number of rotatable bonds is 7. The number of Topliss-reactive ketones (excluding diaryl/α,β-unsaturated/α-hetero) is 1. The Hall–Kier alpha value is -2.30. The zero-order valence-electron chi connectivity index (χ0n) is 17.9. The van der Waals surface area contributed by atoms with Crippen molar-refractivity contribution in [2.75, 3.05) is 24.4 Å². The molecule has 3 aromatic rings. The molecule has 3 heterocycles. The standard InChI is InChI=1S/C21H23ClN4O4S2/c1-12-8-16(13(2)26(12)15-6-7-32(28,29)11-15)18(27)10-31-21-23-20(24-25-21)17-9-14(22)4-5-19(17)30-3/h4-5,8-9,15H,6-7,10-11H2,1-3H3,(H,23,24,25). The third kappa shape index (κ3) is 4.57. The van der Waals surface area contributed by atoms with Crippen LogP contribution in [0.25, 0.3) is 11.4 Å². The number of nitrogens with zero attached hydrogens (tertiary/aromatic N) is 3. The van der Waals surface area contributed by atoms with E-state index in [4.69, 9.17) is 16.3 Å². The molecule has 4 rings (SSSR count). The van der Waals surface area contributed by atoms with Crippen LogP contribution in [0.3, 0.4) is 0 Å². The summed E-state index contributed by atoms with van der Waals surface area (Å²) in [5.74, 6) is 1.54. The fourth-order valence-corrected chi connectivity index (χ4v) is 6.66. The number of H-pyrrole nitrogens is 1. The number of methoxy groups -OCH3 is 1. The number of aromatic nitrogens is 4. The normalized spacial score (nSPS) is 17.6. The van der Waals surface area contributed by atoms with E-state index in [2.05, 4.69) is 15.2 Å². The van der Waals surface area contributed by atoms with Gasteiger partial charge in [0.25, 0.3) is 0 Å². The van der Waals surface area contributed by atoms with Gasteiger partial charge in [0.15, 0.2) is 21.4 Å². The summed E-state index contributed by atoms with van der Waals surface area (Å²) in [6.07, 6.45) is 0.577. The lowest BCUT2D eigenvalue weighted by Gasteiger charge is -2.16. The van der Waals surface area contributed by atoms with Crippen LogP contribution in [0.1, 0.15) is 34.2 Å². The maximum atomic E-state index is 12.9. The number of hydrogen-bond donors (Lipinski definition) is 1. The number of thioether (sulfide) groups is 1. The minimum atomic E-state index is -3.01. The Kier molecular flexibility index (Phi) is 6.37. The van der Waals surface area contributed by atoms with Gasteiger partial charge in [0.05, 0.1) is 29.9 Å². The molecule has 1 aliphatic rings. The Labute approximate surface area is 195 Å². The number of nitrogens with one attached hydrogen (secondary N) is 1. The molecule has 0 saturated carbocycles. The van der Waals surface area contributed by atoms with Crippen molar-refractivity contribution in [1.82, 2.24) is 19.7 Å². The van der Waals surface area contributed by atoms with Crippen molar-refractivity contribution in [1.29, 1.82) is 0 Å². The first kappa shape index (κ1) is 22.9. The second-order valence-corrected chi connectivity index (χ2v) is 11.3. The number of carbonyl (C=O) groups excluding carboxylic acids is 1. The molecule has 11 heteroatoms. The smallest absolute Gasteiger partial charge is 0.209 e. The molecule has 0 spiro atoms. The molecule has 0 radical (unpaired) electrons. The number of benzene rings is 1. The first-order valence-electron chi connectivity index (χ1n) is 9.99. The predicted octanol–water partition coefficient (Wildman–Crippen LogP) is 3.89. The molecule has 8 nitrogen and oxygen atoms in total. The summed E-state index contributed by atoms with van der Waals surface area (Å²) in [6, 6.07) is 6.94. The predicted molar refractivity (Wildman–Crippen MR) is 125 cm³/mol. The highest BCUT2D eigenvalue weighted by atomic mass is 35.5. The molecular weight excluding hydrogens is 472 g/mol. The molecule has 1 aromatic carbocycles. The number of ketones is 1. The van der Waals surface area contributed by atoms with Crippen LogP contribution < -0.4 is 4.74 Å². The van der Waals surface area contributed by atoms with Gasteiger partial charge in [-0.3, -0.25) is 9.89 Å². The Bertz CT molecular complexity index is 1280. The van der Waals surface area contributed by atoms with Crippen LogP contribution >= 0.6 is 23.4 Å². The van der Waals surface area contributed by atoms with Crippen LogP contribution in [-0.4, -0.2) is 58.3 Å². The number of aryl methyl sites for hydroxylation is 1. The molecule has 1 fully saturated rings. The lowest BCUT2D eigenvalue weighted by Crippen LogP contribution is -2.14. The SMILES string of the molecule is COc1ccc(Cl)cc1-c1nc(SCC(=O)c2cc(C)n(C3CCS(=O)(=O)C3)c2C)n[nH]1. The van der Waals surface area contributed by atoms with Crippen molar-refractivity contribution < 1.29 is 17.9 Å². The highest BCUT2D eigenvalue weighted by Crippen LogP contribution is 2.32. The molecule has 1 unspecified atom stereocenters. The van der Waals surface area contributed by atoms with Gasteiger partial charge in [-0.2, -0.15) is 0 Å². The van der Waals surface area contributed by atoms with E-state index in [-0.39, 0.29) is 29.1 Å². The molecule has 170 valence electrons. The van der Waals surface area contributed by atoms with E-state index in [9.17, 15) is 13.2 Å².